The van der Waals surface area contributed by atoms with E-state index in [1.54, 1.807) is 68.4 Å². The van der Waals surface area contributed by atoms with Crippen LogP contribution in [-0.4, -0.2) is 74.7 Å². The molecule has 0 bridgehead atoms. The number of para-hydroxylation sites is 1. The zero-order valence-corrected chi connectivity index (χ0v) is 27.8. The van der Waals surface area contributed by atoms with Gasteiger partial charge in [0.2, 0.25) is 0 Å². The number of benzene rings is 3. The summed E-state index contributed by atoms with van der Waals surface area (Å²) in [6.45, 7) is 4.37. The number of hydrogen-bond donors (Lipinski definition) is 3. The number of allylic oxidation sites excluding steroid dienone is 2. The highest BCUT2D eigenvalue weighted by molar-refractivity contribution is 5.99. The summed E-state index contributed by atoms with van der Waals surface area (Å²) in [6.07, 6.45) is -0.773. The predicted octanol–water partition coefficient (Wildman–Crippen LogP) is 3.90. The second-order valence-electron chi connectivity index (χ2n) is 11.1. The Hall–Kier alpha value is -5.91. The number of nitrogens with one attached hydrogen (secondary N) is 2. The van der Waals surface area contributed by atoms with Crippen LogP contribution in [0.1, 0.15) is 30.9 Å². The van der Waals surface area contributed by atoms with Gasteiger partial charge in [-0.1, -0.05) is 24.3 Å². The number of dihydropyridines is 1. The van der Waals surface area contributed by atoms with Crippen LogP contribution in [-0.2, 0) is 19.1 Å². The fourth-order valence-electron chi connectivity index (χ4n) is 5.24. The molecule has 262 valence electrons. The Balaban J connectivity index is 1.22. The van der Waals surface area contributed by atoms with Crippen LogP contribution >= 0.6 is 0 Å². The largest absolute Gasteiger partial charge is 0.492 e. The summed E-state index contributed by atoms with van der Waals surface area (Å²) in [4.78, 5) is 37.1. The van der Waals surface area contributed by atoms with Crippen molar-refractivity contribution in [2.75, 3.05) is 46.6 Å². The fraction of sp³-hybridized carbons (Fsp3) is 0.306. The first-order valence-corrected chi connectivity index (χ1v) is 15.7. The molecule has 3 N–H and O–H groups in total. The summed E-state index contributed by atoms with van der Waals surface area (Å²) in [7, 11) is 1.22. The first-order chi connectivity index (χ1) is 24.1. The highest BCUT2D eigenvalue weighted by Crippen LogP contribution is 2.40. The van der Waals surface area contributed by atoms with Crippen molar-refractivity contribution in [3.63, 3.8) is 0 Å². The van der Waals surface area contributed by atoms with E-state index in [0.717, 1.165) is 0 Å². The van der Waals surface area contributed by atoms with Crippen LogP contribution in [0.4, 0.5) is 5.69 Å². The molecule has 1 aliphatic rings. The lowest BCUT2D eigenvalue weighted by molar-refractivity contribution is -0.384. The van der Waals surface area contributed by atoms with Crippen molar-refractivity contribution in [1.82, 2.24) is 10.6 Å². The molecule has 14 nitrogen and oxygen atoms in total. The molecule has 0 amide bonds. The minimum Gasteiger partial charge on any atom is -0.492 e. The van der Waals surface area contributed by atoms with Crippen LogP contribution < -0.4 is 24.8 Å². The van der Waals surface area contributed by atoms with Crippen LogP contribution in [0.15, 0.2) is 95.3 Å². The van der Waals surface area contributed by atoms with Gasteiger partial charge in [0.05, 0.1) is 34.7 Å². The molecule has 0 aliphatic carbocycles. The second-order valence-corrected chi connectivity index (χ2v) is 11.1. The van der Waals surface area contributed by atoms with Gasteiger partial charge in [-0.15, -0.1) is 0 Å². The normalized spacial score (nSPS) is 14.6. The summed E-state index contributed by atoms with van der Waals surface area (Å²) in [5.74, 6) is -0.818. The number of nitro benzene ring substituents is 1. The van der Waals surface area contributed by atoms with Gasteiger partial charge in [-0.05, 0) is 55.8 Å². The lowest BCUT2D eigenvalue weighted by Crippen LogP contribution is -2.33. The molecular formula is C36H38N4O10. The standard InChI is InChI=1S/C36H38N4O10/c1-23-32(35(42)46-3)34(25-8-6-9-27(19-25)40(44)45)33(24(2)39-23)36(43)49-18-17-48-30-13-11-29(12-14-30)47-16-15-38-21-28(41)22-50-31-10-5-4-7-26(31)20-37/h4-14,19,28,34,38-39,41H,15-18,21-22H2,1-3H3. The van der Waals surface area contributed by atoms with Crippen LogP contribution in [0, 0.1) is 21.4 Å². The van der Waals surface area contributed by atoms with Crippen LogP contribution in [0.5, 0.6) is 17.2 Å². The number of carbonyl (C=O) groups excluding carboxylic acids is 2. The first kappa shape index (κ1) is 36.9. The molecule has 3 aromatic rings. The Morgan fingerprint density at radius 1 is 0.940 bits per heavy atom. The number of esters is 2. The van der Waals surface area contributed by atoms with Gasteiger partial charge >= 0.3 is 11.9 Å². The van der Waals surface area contributed by atoms with E-state index in [4.69, 9.17) is 28.9 Å². The van der Waals surface area contributed by atoms with E-state index in [0.29, 0.717) is 52.9 Å². The molecule has 3 aromatic carbocycles. The van der Waals surface area contributed by atoms with Gasteiger partial charge < -0.3 is 39.4 Å². The van der Waals surface area contributed by atoms with E-state index in [1.807, 2.05) is 6.07 Å². The molecule has 0 spiro atoms. The van der Waals surface area contributed by atoms with Crippen molar-refractivity contribution in [2.24, 2.45) is 0 Å². The topological polar surface area (TPSA) is 192 Å². The molecule has 1 aliphatic heterocycles. The molecule has 0 fully saturated rings. The Labute approximate surface area is 289 Å². The third kappa shape index (κ3) is 9.82. The third-order valence-corrected chi connectivity index (χ3v) is 7.58. The van der Waals surface area contributed by atoms with E-state index >= 15 is 0 Å². The van der Waals surface area contributed by atoms with Crippen molar-refractivity contribution in [3.05, 3.63) is 117 Å². The average molecular weight is 687 g/mol. The number of ether oxygens (including phenoxy) is 5. The molecule has 0 saturated heterocycles. The summed E-state index contributed by atoms with van der Waals surface area (Å²) in [5, 5.41) is 36.9. The molecule has 50 heavy (non-hydrogen) atoms. The van der Waals surface area contributed by atoms with Gasteiger partial charge in [-0.25, -0.2) is 9.59 Å². The number of aliphatic hydroxyl groups is 1. The molecule has 2 unspecified atom stereocenters. The van der Waals surface area contributed by atoms with Crippen molar-refractivity contribution in [3.8, 4) is 23.3 Å². The zero-order chi connectivity index (χ0) is 36.0. The summed E-state index contributed by atoms with van der Waals surface area (Å²) in [5.41, 5.74) is 1.73. The molecule has 0 aromatic heterocycles. The Bertz CT molecular complexity index is 1780. The maximum Gasteiger partial charge on any atom is 0.336 e. The van der Waals surface area contributed by atoms with Gasteiger partial charge in [0.15, 0.2) is 0 Å². The van der Waals surface area contributed by atoms with Crippen molar-refractivity contribution < 1.29 is 43.3 Å². The minimum absolute atomic E-state index is 0.0317. The number of aliphatic hydroxyl groups excluding tert-OH is 1. The molecule has 2 atom stereocenters. The maximum atomic E-state index is 13.4. The van der Waals surface area contributed by atoms with Crippen molar-refractivity contribution >= 4 is 17.6 Å². The predicted molar refractivity (Wildman–Crippen MR) is 180 cm³/mol. The van der Waals surface area contributed by atoms with Gasteiger partial charge in [-0.2, -0.15) is 5.26 Å². The lowest BCUT2D eigenvalue weighted by atomic mass is 9.80. The SMILES string of the molecule is COC(=O)C1=C(C)NC(C)=C(C(=O)OCCOc2ccc(OCCNCC(O)COc3ccccc3C#N)cc2)C1c1cccc([N+](=O)[O-])c1. The van der Waals surface area contributed by atoms with E-state index in [9.17, 15) is 24.8 Å². The number of hydrogen-bond acceptors (Lipinski definition) is 13. The summed E-state index contributed by atoms with van der Waals surface area (Å²) >= 11 is 0. The Morgan fingerprint density at radius 3 is 2.26 bits per heavy atom. The monoisotopic (exact) mass is 686 g/mol. The average Bonchev–Trinajstić information content (AvgIpc) is 3.12. The van der Waals surface area contributed by atoms with E-state index in [2.05, 4.69) is 10.6 Å². The van der Waals surface area contributed by atoms with Crippen molar-refractivity contribution in [1.29, 1.82) is 5.26 Å². The lowest BCUT2D eigenvalue weighted by Gasteiger charge is -2.30. The summed E-state index contributed by atoms with van der Waals surface area (Å²) < 4.78 is 27.5. The number of carbonyl (C=O) groups is 2. The number of nitrogens with zero attached hydrogens (tertiary/aromatic N) is 2. The van der Waals surface area contributed by atoms with Crippen molar-refractivity contribution in [2.45, 2.75) is 25.9 Å². The number of nitro groups is 1. The van der Waals surface area contributed by atoms with E-state index in [1.165, 1.54) is 25.3 Å². The molecule has 0 saturated carbocycles. The van der Waals surface area contributed by atoms with E-state index < -0.39 is 28.9 Å². The minimum atomic E-state index is -0.961. The smallest absolute Gasteiger partial charge is 0.336 e. The molecule has 14 heteroatoms. The van der Waals surface area contributed by atoms with Gasteiger partial charge in [0.25, 0.3) is 5.69 Å². The maximum absolute atomic E-state index is 13.4. The zero-order valence-electron chi connectivity index (χ0n) is 27.8. The molecule has 4 rings (SSSR count). The highest BCUT2D eigenvalue weighted by Gasteiger charge is 2.38. The number of non-ortho nitro benzene ring substituents is 1. The summed E-state index contributed by atoms with van der Waals surface area (Å²) in [6, 6.07) is 21.5. The van der Waals surface area contributed by atoms with E-state index in [-0.39, 0.29) is 43.2 Å². The number of rotatable bonds is 17. The first-order valence-electron chi connectivity index (χ1n) is 15.7. The van der Waals surface area contributed by atoms with Gasteiger partial charge in [0, 0.05) is 36.6 Å². The van der Waals surface area contributed by atoms with Gasteiger partial charge in [0.1, 0.15) is 55.8 Å². The quantitative estimate of drug-likeness (QED) is 0.0802. The number of nitriles is 1. The van der Waals surface area contributed by atoms with Crippen LogP contribution in [0.25, 0.3) is 0 Å². The second kappa shape index (κ2) is 18.0. The number of methoxy groups -OCH3 is 1. The Morgan fingerprint density at radius 2 is 1.60 bits per heavy atom. The highest BCUT2D eigenvalue weighted by atomic mass is 16.6. The molecule has 0 radical (unpaired) electrons. The Kier molecular flexibility index (Phi) is 13.3. The molecular weight excluding hydrogens is 648 g/mol. The van der Waals surface area contributed by atoms with Crippen LogP contribution in [0.3, 0.4) is 0 Å². The molecule has 1 heterocycles. The van der Waals surface area contributed by atoms with Gasteiger partial charge in [-0.3, -0.25) is 10.1 Å². The van der Waals surface area contributed by atoms with Crippen LogP contribution in [0.2, 0.25) is 0 Å². The third-order valence-electron chi connectivity index (χ3n) is 7.58. The fourth-order valence-corrected chi connectivity index (χ4v) is 5.24.